The Labute approximate surface area is 127 Å². The summed E-state index contributed by atoms with van der Waals surface area (Å²) in [6.07, 6.45) is 1.73. The van der Waals surface area contributed by atoms with Crippen molar-refractivity contribution in [1.82, 2.24) is 10.0 Å². The molecule has 0 unspecified atom stereocenters. The van der Waals surface area contributed by atoms with Crippen molar-refractivity contribution < 1.29 is 21.9 Å². The second-order valence-electron chi connectivity index (χ2n) is 4.34. The summed E-state index contributed by atoms with van der Waals surface area (Å²) in [5.41, 5.74) is 0.817. The third-order valence-electron chi connectivity index (χ3n) is 2.44. The van der Waals surface area contributed by atoms with E-state index in [0.717, 1.165) is 11.8 Å². The van der Waals surface area contributed by atoms with Gasteiger partial charge in [-0.3, -0.25) is 0 Å². The lowest BCUT2D eigenvalue weighted by Crippen LogP contribution is -2.26. The van der Waals surface area contributed by atoms with Gasteiger partial charge >= 0.3 is 6.61 Å². The van der Waals surface area contributed by atoms with Gasteiger partial charge in [-0.05, 0) is 30.7 Å². The van der Waals surface area contributed by atoms with Gasteiger partial charge in [-0.25, -0.2) is 13.1 Å². The Hall–Kier alpha value is -0.960. The first-order valence-corrected chi connectivity index (χ1v) is 8.43. The Morgan fingerprint density at radius 3 is 2.62 bits per heavy atom. The van der Waals surface area contributed by atoms with Crippen LogP contribution in [0.25, 0.3) is 0 Å². The van der Waals surface area contributed by atoms with E-state index in [9.17, 15) is 17.2 Å². The minimum Gasteiger partial charge on any atom is -0.433 e. The number of rotatable bonds is 9. The molecule has 0 aliphatic heterocycles. The van der Waals surface area contributed by atoms with Crippen molar-refractivity contribution in [3.05, 3.63) is 28.8 Å². The summed E-state index contributed by atoms with van der Waals surface area (Å²) in [6.45, 7) is -1.45. The van der Waals surface area contributed by atoms with E-state index >= 15 is 0 Å². The predicted molar refractivity (Wildman–Crippen MR) is 77.3 cm³/mol. The van der Waals surface area contributed by atoms with Crippen LogP contribution in [0, 0.1) is 0 Å². The number of sulfonamides is 1. The van der Waals surface area contributed by atoms with Crippen LogP contribution >= 0.6 is 11.6 Å². The molecule has 0 radical (unpaired) electrons. The predicted octanol–water partition coefficient (Wildman–Crippen LogP) is 1.97. The maximum absolute atomic E-state index is 12.1. The molecule has 1 rings (SSSR count). The van der Waals surface area contributed by atoms with Crippen LogP contribution < -0.4 is 14.8 Å². The molecule has 0 aromatic heterocycles. The molecule has 1 aromatic rings. The molecule has 0 fully saturated rings. The minimum atomic E-state index is -3.15. The molecular formula is C12H17ClF2N2O3S. The van der Waals surface area contributed by atoms with E-state index in [-0.39, 0.29) is 10.8 Å². The van der Waals surface area contributed by atoms with E-state index < -0.39 is 16.6 Å². The fraction of sp³-hybridized carbons (Fsp3) is 0.500. The molecule has 0 atom stereocenters. The number of halogens is 3. The highest BCUT2D eigenvalue weighted by molar-refractivity contribution is 7.88. The van der Waals surface area contributed by atoms with Gasteiger partial charge in [0.25, 0.3) is 0 Å². The van der Waals surface area contributed by atoms with E-state index in [2.05, 4.69) is 14.8 Å². The first kappa shape index (κ1) is 18.1. The van der Waals surface area contributed by atoms with Crippen LogP contribution in [0.5, 0.6) is 5.75 Å². The van der Waals surface area contributed by atoms with Gasteiger partial charge in [0, 0.05) is 13.1 Å². The van der Waals surface area contributed by atoms with Crippen molar-refractivity contribution in [1.29, 1.82) is 0 Å². The maximum atomic E-state index is 12.1. The van der Waals surface area contributed by atoms with Gasteiger partial charge in [0.15, 0.2) is 0 Å². The van der Waals surface area contributed by atoms with Crippen molar-refractivity contribution in [2.24, 2.45) is 0 Å². The minimum absolute atomic E-state index is 0.0623. The summed E-state index contributed by atoms with van der Waals surface area (Å²) in [4.78, 5) is 0. The SMILES string of the molecule is CS(=O)(=O)NCCCNCc1ccc(OC(F)F)c(Cl)c1. The highest BCUT2D eigenvalue weighted by atomic mass is 35.5. The highest BCUT2D eigenvalue weighted by Gasteiger charge is 2.08. The van der Waals surface area contributed by atoms with Gasteiger partial charge in [0.2, 0.25) is 10.0 Å². The molecule has 0 aliphatic carbocycles. The summed E-state index contributed by atoms with van der Waals surface area (Å²) in [6, 6.07) is 4.56. The Morgan fingerprint density at radius 1 is 1.33 bits per heavy atom. The van der Waals surface area contributed by atoms with Crippen LogP contribution in [0.1, 0.15) is 12.0 Å². The van der Waals surface area contributed by atoms with E-state index in [1.54, 1.807) is 12.1 Å². The quantitative estimate of drug-likeness (QED) is 0.673. The zero-order chi connectivity index (χ0) is 15.9. The topological polar surface area (TPSA) is 67.4 Å². The van der Waals surface area contributed by atoms with Crippen molar-refractivity contribution in [2.75, 3.05) is 19.3 Å². The van der Waals surface area contributed by atoms with Crippen LogP contribution in [0.15, 0.2) is 18.2 Å². The van der Waals surface area contributed by atoms with Crippen molar-refractivity contribution >= 4 is 21.6 Å². The van der Waals surface area contributed by atoms with Crippen molar-refractivity contribution in [2.45, 2.75) is 19.6 Å². The van der Waals surface area contributed by atoms with E-state index in [0.29, 0.717) is 26.1 Å². The Balaban J connectivity index is 2.31. The number of alkyl halides is 2. The molecule has 0 heterocycles. The van der Waals surface area contributed by atoms with Gasteiger partial charge in [0.05, 0.1) is 11.3 Å². The molecule has 1 aromatic carbocycles. The molecule has 120 valence electrons. The van der Waals surface area contributed by atoms with Gasteiger partial charge in [-0.15, -0.1) is 0 Å². The first-order chi connectivity index (χ1) is 9.78. The number of benzene rings is 1. The van der Waals surface area contributed by atoms with Crippen LogP contribution in [0.2, 0.25) is 5.02 Å². The van der Waals surface area contributed by atoms with Gasteiger partial charge in [-0.1, -0.05) is 17.7 Å². The first-order valence-electron chi connectivity index (χ1n) is 6.16. The Bertz CT molecular complexity index is 555. The van der Waals surface area contributed by atoms with Crippen LogP contribution in [-0.2, 0) is 16.6 Å². The summed E-state index contributed by atoms with van der Waals surface area (Å²) < 4.78 is 52.4. The third kappa shape index (κ3) is 8.15. The lowest BCUT2D eigenvalue weighted by Gasteiger charge is -2.09. The summed E-state index contributed by atoms with van der Waals surface area (Å²) in [5, 5.41) is 3.21. The lowest BCUT2D eigenvalue weighted by atomic mass is 10.2. The number of ether oxygens (including phenoxy) is 1. The summed E-state index contributed by atoms with van der Waals surface area (Å²) in [7, 11) is -3.15. The standard InChI is InChI=1S/C12H17ClF2N2O3S/c1-21(18,19)17-6-2-5-16-8-9-3-4-11(10(13)7-9)20-12(14)15/h3-4,7,12,16-17H,2,5-6,8H2,1H3. The Kier molecular flexibility index (Phi) is 7.30. The second-order valence-corrected chi connectivity index (χ2v) is 6.58. The molecule has 0 bridgehead atoms. The molecule has 0 amide bonds. The van der Waals surface area contributed by atoms with E-state index in [1.165, 1.54) is 6.07 Å². The summed E-state index contributed by atoms with van der Waals surface area (Å²) in [5.74, 6) is -0.0623. The largest absolute Gasteiger partial charge is 0.433 e. The van der Waals surface area contributed by atoms with Crippen LogP contribution in [0.3, 0.4) is 0 Å². The molecule has 21 heavy (non-hydrogen) atoms. The molecular weight excluding hydrogens is 326 g/mol. The molecule has 0 spiro atoms. The smallest absolute Gasteiger partial charge is 0.387 e. The highest BCUT2D eigenvalue weighted by Crippen LogP contribution is 2.26. The van der Waals surface area contributed by atoms with Crippen molar-refractivity contribution in [3.63, 3.8) is 0 Å². The average Bonchev–Trinajstić information content (AvgIpc) is 2.35. The lowest BCUT2D eigenvalue weighted by molar-refractivity contribution is -0.0497. The normalized spacial score (nSPS) is 11.9. The molecule has 0 saturated carbocycles. The van der Waals surface area contributed by atoms with Gasteiger partial charge in [-0.2, -0.15) is 8.78 Å². The van der Waals surface area contributed by atoms with Gasteiger partial charge in [0.1, 0.15) is 5.75 Å². The van der Waals surface area contributed by atoms with Crippen molar-refractivity contribution in [3.8, 4) is 5.75 Å². The molecule has 5 nitrogen and oxygen atoms in total. The molecule has 0 aliphatic rings. The van der Waals surface area contributed by atoms with E-state index in [4.69, 9.17) is 11.6 Å². The average molecular weight is 343 g/mol. The molecule has 0 saturated heterocycles. The zero-order valence-electron chi connectivity index (χ0n) is 11.4. The number of hydrogen-bond acceptors (Lipinski definition) is 4. The second kappa shape index (κ2) is 8.47. The maximum Gasteiger partial charge on any atom is 0.387 e. The summed E-state index contributed by atoms with van der Waals surface area (Å²) >= 11 is 5.82. The third-order valence-corrected chi connectivity index (χ3v) is 3.46. The Morgan fingerprint density at radius 2 is 2.05 bits per heavy atom. The molecule has 9 heteroatoms. The van der Waals surface area contributed by atoms with Crippen LogP contribution in [0.4, 0.5) is 8.78 Å². The van der Waals surface area contributed by atoms with Crippen LogP contribution in [-0.4, -0.2) is 34.4 Å². The number of nitrogens with one attached hydrogen (secondary N) is 2. The van der Waals surface area contributed by atoms with E-state index in [1.807, 2.05) is 0 Å². The fourth-order valence-corrected chi connectivity index (χ4v) is 2.31. The monoisotopic (exact) mass is 342 g/mol. The molecule has 2 N–H and O–H groups in total. The fourth-order valence-electron chi connectivity index (χ4n) is 1.55. The number of hydrogen-bond donors (Lipinski definition) is 2. The zero-order valence-corrected chi connectivity index (χ0v) is 13.0. The van der Waals surface area contributed by atoms with Gasteiger partial charge < -0.3 is 10.1 Å².